The van der Waals surface area contributed by atoms with Crippen LogP contribution in [0.2, 0.25) is 0 Å². The van der Waals surface area contributed by atoms with Crippen molar-refractivity contribution in [3.8, 4) is 0 Å². The van der Waals surface area contributed by atoms with Crippen molar-refractivity contribution in [2.45, 2.75) is 20.8 Å². The van der Waals surface area contributed by atoms with E-state index in [1.807, 2.05) is 0 Å². The van der Waals surface area contributed by atoms with Crippen LogP contribution in [-0.4, -0.2) is 42.6 Å². The molecule has 1 unspecified atom stereocenters. The Bertz CT molecular complexity index is 433. The molecule has 0 radical (unpaired) electrons. The number of carbonyl (C=O) groups is 2. The molecular weight excluding hydrogens is 236 g/mol. The molecule has 6 heteroatoms. The van der Waals surface area contributed by atoms with Gasteiger partial charge in [0, 0.05) is 13.6 Å². The SMILES string of the molecule is COC(=O)C(C)CN(C)C(=O)c1c(C)noc1C. The molecule has 0 fully saturated rings. The molecule has 0 spiro atoms. The first-order chi connectivity index (χ1) is 8.38. The zero-order valence-corrected chi connectivity index (χ0v) is 11.3. The van der Waals surface area contributed by atoms with Crippen molar-refractivity contribution in [2.75, 3.05) is 20.7 Å². The molecule has 0 saturated carbocycles. The third-order valence-corrected chi connectivity index (χ3v) is 2.75. The van der Waals surface area contributed by atoms with Crippen LogP contribution in [-0.2, 0) is 9.53 Å². The van der Waals surface area contributed by atoms with Gasteiger partial charge in [-0.15, -0.1) is 0 Å². The summed E-state index contributed by atoms with van der Waals surface area (Å²) in [6.07, 6.45) is 0. The van der Waals surface area contributed by atoms with Gasteiger partial charge in [-0.25, -0.2) is 0 Å². The van der Waals surface area contributed by atoms with Gasteiger partial charge < -0.3 is 14.2 Å². The lowest BCUT2D eigenvalue weighted by Crippen LogP contribution is -2.34. The average Bonchev–Trinajstić information content (AvgIpc) is 2.66. The fourth-order valence-corrected chi connectivity index (χ4v) is 1.75. The Morgan fingerprint density at radius 3 is 2.50 bits per heavy atom. The Hall–Kier alpha value is -1.85. The van der Waals surface area contributed by atoms with E-state index in [0.717, 1.165) is 0 Å². The minimum atomic E-state index is -0.371. The van der Waals surface area contributed by atoms with Gasteiger partial charge in [0.05, 0.1) is 18.7 Å². The maximum Gasteiger partial charge on any atom is 0.310 e. The molecule has 6 nitrogen and oxygen atoms in total. The van der Waals surface area contributed by atoms with Gasteiger partial charge >= 0.3 is 5.97 Å². The number of aromatic nitrogens is 1. The predicted octanol–water partition coefficient (Wildman–Crippen LogP) is 1.17. The molecule has 0 aliphatic carbocycles. The normalized spacial score (nSPS) is 12.1. The minimum Gasteiger partial charge on any atom is -0.469 e. The number of hydrogen-bond acceptors (Lipinski definition) is 5. The number of rotatable bonds is 4. The quantitative estimate of drug-likeness (QED) is 0.754. The minimum absolute atomic E-state index is 0.206. The standard InChI is InChI=1S/C12H18N2O4/c1-7(12(16)17-5)6-14(4)11(15)10-8(2)13-18-9(10)3/h7H,6H2,1-5H3. The largest absolute Gasteiger partial charge is 0.469 e. The van der Waals surface area contributed by atoms with Crippen molar-refractivity contribution < 1.29 is 18.8 Å². The number of carbonyl (C=O) groups excluding carboxylic acids is 2. The van der Waals surface area contributed by atoms with Gasteiger partial charge in [-0.1, -0.05) is 12.1 Å². The first kappa shape index (κ1) is 14.2. The third-order valence-electron chi connectivity index (χ3n) is 2.75. The number of esters is 1. The maximum absolute atomic E-state index is 12.2. The first-order valence-corrected chi connectivity index (χ1v) is 5.64. The van der Waals surface area contributed by atoms with Crippen molar-refractivity contribution in [2.24, 2.45) is 5.92 Å². The van der Waals surface area contributed by atoms with Gasteiger partial charge in [0.1, 0.15) is 11.3 Å². The van der Waals surface area contributed by atoms with Crippen molar-refractivity contribution in [3.63, 3.8) is 0 Å². The summed E-state index contributed by atoms with van der Waals surface area (Å²) in [5.74, 6) is -0.435. The number of methoxy groups -OCH3 is 1. The summed E-state index contributed by atoms with van der Waals surface area (Å²) in [6.45, 7) is 5.39. The summed E-state index contributed by atoms with van der Waals surface area (Å²) in [7, 11) is 2.96. The van der Waals surface area contributed by atoms with Crippen LogP contribution in [0.15, 0.2) is 4.52 Å². The van der Waals surface area contributed by atoms with Crippen molar-refractivity contribution in [1.29, 1.82) is 0 Å². The summed E-state index contributed by atoms with van der Waals surface area (Å²) in [6, 6.07) is 0. The molecule has 0 bridgehead atoms. The van der Waals surface area contributed by atoms with Gasteiger partial charge in [0.25, 0.3) is 5.91 Å². The lowest BCUT2D eigenvalue weighted by molar-refractivity contribution is -0.145. The van der Waals surface area contributed by atoms with E-state index in [0.29, 0.717) is 17.0 Å². The predicted molar refractivity (Wildman–Crippen MR) is 64.1 cm³/mol. The highest BCUT2D eigenvalue weighted by molar-refractivity contribution is 5.96. The second-order valence-corrected chi connectivity index (χ2v) is 4.31. The Balaban J connectivity index is 2.76. The molecule has 0 aromatic carbocycles. The van der Waals surface area contributed by atoms with E-state index in [2.05, 4.69) is 9.89 Å². The second kappa shape index (κ2) is 5.66. The van der Waals surface area contributed by atoms with Crippen molar-refractivity contribution >= 4 is 11.9 Å². The molecule has 1 heterocycles. The highest BCUT2D eigenvalue weighted by Crippen LogP contribution is 2.15. The van der Waals surface area contributed by atoms with Gasteiger partial charge in [-0.3, -0.25) is 9.59 Å². The zero-order chi connectivity index (χ0) is 13.9. The summed E-state index contributed by atoms with van der Waals surface area (Å²) in [5.41, 5.74) is 1.00. The van der Waals surface area contributed by atoms with Crippen LogP contribution in [0.1, 0.15) is 28.7 Å². The van der Waals surface area contributed by atoms with Crippen LogP contribution in [0, 0.1) is 19.8 Å². The molecule has 0 aliphatic heterocycles. The highest BCUT2D eigenvalue weighted by atomic mass is 16.5. The first-order valence-electron chi connectivity index (χ1n) is 5.64. The van der Waals surface area contributed by atoms with Crippen molar-refractivity contribution in [3.05, 3.63) is 17.0 Å². The molecule has 0 saturated heterocycles. The van der Waals surface area contributed by atoms with Crippen LogP contribution < -0.4 is 0 Å². The van der Waals surface area contributed by atoms with E-state index >= 15 is 0 Å². The van der Waals surface area contributed by atoms with E-state index in [1.54, 1.807) is 27.8 Å². The van der Waals surface area contributed by atoms with E-state index in [-0.39, 0.29) is 24.3 Å². The van der Waals surface area contributed by atoms with Gasteiger partial charge in [0.15, 0.2) is 0 Å². The van der Waals surface area contributed by atoms with E-state index in [9.17, 15) is 9.59 Å². The fraction of sp³-hybridized carbons (Fsp3) is 0.583. The molecule has 18 heavy (non-hydrogen) atoms. The van der Waals surface area contributed by atoms with Crippen LogP contribution in [0.3, 0.4) is 0 Å². The lowest BCUT2D eigenvalue weighted by Gasteiger charge is -2.20. The average molecular weight is 254 g/mol. The Kier molecular flexibility index (Phi) is 4.47. The van der Waals surface area contributed by atoms with Gasteiger partial charge in [-0.2, -0.15) is 0 Å². The second-order valence-electron chi connectivity index (χ2n) is 4.31. The number of nitrogens with zero attached hydrogens (tertiary/aromatic N) is 2. The number of aryl methyl sites for hydroxylation is 2. The molecular formula is C12H18N2O4. The third kappa shape index (κ3) is 2.88. The molecule has 100 valence electrons. The molecule has 1 rings (SSSR count). The Morgan fingerprint density at radius 1 is 1.44 bits per heavy atom. The maximum atomic E-state index is 12.2. The molecule has 0 N–H and O–H groups in total. The molecule has 1 atom stereocenters. The van der Waals surface area contributed by atoms with Gasteiger partial charge in [-0.05, 0) is 13.8 Å². The molecule has 1 aromatic heterocycles. The topological polar surface area (TPSA) is 72.6 Å². The van der Waals surface area contributed by atoms with E-state index in [1.165, 1.54) is 12.0 Å². The highest BCUT2D eigenvalue weighted by Gasteiger charge is 2.24. The lowest BCUT2D eigenvalue weighted by atomic mass is 10.1. The summed E-state index contributed by atoms with van der Waals surface area (Å²) >= 11 is 0. The molecule has 1 aromatic rings. The monoisotopic (exact) mass is 254 g/mol. The van der Waals surface area contributed by atoms with E-state index in [4.69, 9.17) is 4.52 Å². The van der Waals surface area contributed by atoms with Crippen LogP contribution >= 0.6 is 0 Å². The van der Waals surface area contributed by atoms with Crippen LogP contribution in [0.4, 0.5) is 0 Å². The summed E-state index contributed by atoms with van der Waals surface area (Å²) < 4.78 is 9.57. The van der Waals surface area contributed by atoms with Crippen molar-refractivity contribution in [1.82, 2.24) is 10.1 Å². The summed E-state index contributed by atoms with van der Waals surface area (Å²) in [5, 5.41) is 3.74. The van der Waals surface area contributed by atoms with E-state index < -0.39 is 0 Å². The fourth-order valence-electron chi connectivity index (χ4n) is 1.75. The zero-order valence-electron chi connectivity index (χ0n) is 11.3. The Labute approximate surface area is 106 Å². The number of ether oxygens (including phenoxy) is 1. The smallest absolute Gasteiger partial charge is 0.310 e. The number of hydrogen-bond donors (Lipinski definition) is 0. The van der Waals surface area contributed by atoms with Gasteiger partial charge in [0.2, 0.25) is 0 Å². The Morgan fingerprint density at radius 2 is 2.06 bits per heavy atom. The molecule has 1 amide bonds. The van der Waals surface area contributed by atoms with Crippen LogP contribution in [0.5, 0.6) is 0 Å². The summed E-state index contributed by atoms with van der Waals surface area (Å²) in [4.78, 5) is 24.9. The molecule has 0 aliphatic rings. The number of amides is 1. The van der Waals surface area contributed by atoms with Crippen LogP contribution in [0.25, 0.3) is 0 Å².